The molecule has 0 aromatic heterocycles. The van der Waals surface area contributed by atoms with Crippen LogP contribution in [0.1, 0.15) is 12.5 Å². The molecule has 3 aromatic carbocycles. The molecule has 0 saturated carbocycles. The first kappa shape index (κ1) is 26.8. The van der Waals surface area contributed by atoms with Gasteiger partial charge in [-0.1, -0.05) is 24.3 Å². The van der Waals surface area contributed by atoms with Gasteiger partial charge >= 0.3 is 0 Å². The number of hydrazone groups is 1. The molecule has 2 amide bonds. The van der Waals surface area contributed by atoms with Crippen LogP contribution in [0.4, 0.5) is 5.69 Å². The summed E-state index contributed by atoms with van der Waals surface area (Å²) in [6.45, 7) is 1.86. The lowest BCUT2D eigenvalue weighted by molar-refractivity contribution is -0.123. The van der Waals surface area contributed by atoms with Gasteiger partial charge in [0.25, 0.3) is 11.8 Å². The second-order valence-electron chi connectivity index (χ2n) is 7.19. The van der Waals surface area contributed by atoms with Crippen LogP contribution in [0.5, 0.6) is 23.0 Å². The fraction of sp³-hybridized carbons (Fsp3) is 0.192. The van der Waals surface area contributed by atoms with Gasteiger partial charge in [0.2, 0.25) is 0 Å². The highest BCUT2D eigenvalue weighted by Gasteiger charge is 2.11. The Morgan fingerprint density at radius 1 is 0.861 bits per heavy atom. The van der Waals surface area contributed by atoms with Crippen molar-refractivity contribution < 1.29 is 28.5 Å². The zero-order valence-corrected chi connectivity index (χ0v) is 22.0. The quantitative estimate of drug-likeness (QED) is 0.182. The molecule has 0 unspecified atom stereocenters. The highest BCUT2D eigenvalue weighted by Crippen LogP contribution is 2.28. The number of carbonyl (C=O) groups is 2. The molecule has 0 bridgehead atoms. The van der Waals surface area contributed by atoms with E-state index in [1.54, 1.807) is 42.5 Å². The molecule has 0 aliphatic rings. The second kappa shape index (κ2) is 13.9. The minimum atomic E-state index is -0.392. The number of benzene rings is 3. The van der Waals surface area contributed by atoms with Crippen molar-refractivity contribution in [2.24, 2.45) is 5.10 Å². The standard InChI is InChI=1S/C26H26IN3O6/c1-3-34-24-14-18(15-28-30-26(32)17-35-21-10-6-4-8-19(21)27)12-13-23(24)36-16-25(31)29-20-9-5-7-11-22(20)33-2/h4-15H,3,16-17H2,1-2H3,(H,29,31)(H,30,32)/b28-15+. The molecule has 0 heterocycles. The largest absolute Gasteiger partial charge is 0.495 e. The second-order valence-corrected chi connectivity index (χ2v) is 8.35. The summed E-state index contributed by atoms with van der Waals surface area (Å²) in [6.07, 6.45) is 1.48. The molecule has 0 aliphatic carbocycles. The fourth-order valence-electron chi connectivity index (χ4n) is 2.99. The normalized spacial score (nSPS) is 10.5. The van der Waals surface area contributed by atoms with Crippen LogP contribution in [0.25, 0.3) is 0 Å². The zero-order chi connectivity index (χ0) is 25.8. The maximum absolute atomic E-state index is 12.4. The maximum Gasteiger partial charge on any atom is 0.277 e. The number of rotatable bonds is 12. The molecular weight excluding hydrogens is 577 g/mol. The average molecular weight is 603 g/mol. The zero-order valence-electron chi connectivity index (χ0n) is 19.8. The first-order valence-electron chi connectivity index (χ1n) is 11.0. The first-order chi connectivity index (χ1) is 17.5. The van der Waals surface area contributed by atoms with Gasteiger partial charge in [-0.3, -0.25) is 9.59 Å². The van der Waals surface area contributed by atoms with Crippen LogP contribution in [-0.4, -0.2) is 45.0 Å². The van der Waals surface area contributed by atoms with Crippen molar-refractivity contribution in [3.8, 4) is 23.0 Å². The maximum atomic E-state index is 12.4. The van der Waals surface area contributed by atoms with Crippen molar-refractivity contribution in [2.45, 2.75) is 6.92 Å². The van der Waals surface area contributed by atoms with Crippen LogP contribution in [0.15, 0.2) is 71.8 Å². The van der Waals surface area contributed by atoms with Crippen molar-refractivity contribution in [3.05, 3.63) is 75.9 Å². The minimum absolute atomic E-state index is 0.161. The van der Waals surface area contributed by atoms with Gasteiger partial charge in [-0.2, -0.15) is 5.10 Å². The van der Waals surface area contributed by atoms with Gasteiger partial charge < -0.3 is 24.3 Å². The van der Waals surface area contributed by atoms with Gasteiger partial charge in [-0.25, -0.2) is 5.43 Å². The van der Waals surface area contributed by atoms with E-state index in [4.69, 9.17) is 18.9 Å². The Kier molecular flexibility index (Phi) is 10.4. The SMILES string of the molecule is CCOc1cc(/C=N/NC(=O)COc2ccccc2I)ccc1OCC(=O)Nc1ccccc1OC. The van der Waals surface area contributed by atoms with E-state index in [9.17, 15) is 9.59 Å². The molecule has 3 rings (SSSR count). The highest BCUT2D eigenvalue weighted by atomic mass is 127. The van der Waals surface area contributed by atoms with Gasteiger partial charge in [0.1, 0.15) is 11.5 Å². The number of carbonyl (C=O) groups excluding carboxylic acids is 2. The minimum Gasteiger partial charge on any atom is -0.495 e. The van der Waals surface area contributed by atoms with E-state index in [0.29, 0.717) is 40.9 Å². The molecule has 10 heteroatoms. The Balaban J connectivity index is 1.54. The summed E-state index contributed by atoms with van der Waals surface area (Å²) in [7, 11) is 1.53. The summed E-state index contributed by atoms with van der Waals surface area (Å²) in [5.41, 5.74) is 3.65. The number of nitrogens with one attached hydrogen (secondary N) is 2. The molecule has 188 valence electrons. The Bertz CT molecular complexity index is 1220. The smallest absolute Gasteiger partial charge is 0.277 e. The Morgan fingerprint density at radius 2 is 1.56 bits per heavy atom. The number of methoxy groups -OCH3 is 1. The van der Waals surface area contributed by atoms with Gasteiger partial charge in [0, 0.05) is 0 Å². The van der Waals surface area contributed by atoms with Gasteiger partial charge in [-0.05, 0) is 77.5 Å². The molecule has 36 heavy (non-hydrogen) atoms. The summed E-state index contributed by atoms with van der Waals surface area (Å²) in [6, 6.07) is 19.6. The number of anilines is 1. The van der Waals surface area contributed by atoms with Crippen LogP contribution in [0.2, 0.25) is 0 Å². The summed E-state index contributed by atoms with van der Waals surface area (Å²) >= 11 is 2.14. The van der Waals surface area contributed by atoms with Crippen molar-refractivity contribution >= 4 is 46.3 Å². The summed E-state index contributed by atoms with van der Waals surface area (Å²) in [5.74, 6) is 1.29. The number of ether oxygens (including phenoxy) is 4. The van der Waals surface area contributed by atoms with E-state index in [2.05, 4.69) is 38.4 Å². The molecule has 0 aliphatic heterocycles. The monoisotopic (exact) mass is 603 g/mol. The topological polar surface area (TPSA) is 107 Å². The molecule has 0 fully saturated rings. The third kappa shape index (κ3) is 8.15. The van der Waals surface area contributed by atoms with E-state index in [-0.39, 0.29) is 19.1 Å². The molecule has 0 spiro atoms. The Hall–Kier alpha value is -3.80. The fourth-order valence-corrected chi connectivity index (χ4v) is 3.53. The number of para-hydroxylation sites is 3. The van der Waals surface area contributed by atoms with Crippen LogP contribution in [0.3, 0.4) is 0 Å². The van der Waals surface area contributed by atoms with Crippen LogP contribution >= 0.6 is 22.6 Å². The van der Waals surface area contributed by atoms with Crippen LogP contribution in [0, 0.1) is 3.57 Å². The Morgan fingerprint density at radius 3 is 2.31 bits per heavy atom. The lowest BCUT2D eigenvalue weighted by atomic mass is 10.2. The van der Waals surface area contributed by atoms with Gasteiger partial charge in [0.05, 0.1) is 29.2 Å². The number of halogens is 1. The van der Waals surface area contributed by atoms with Crippen LogP contribution < -0.4 is 29.7 Å². The van der Waals surface area contributed by atoms with Gasteiger partial charge in [0.15, 0.2) is 24.7 Å². The van der Waals surface area contributed by atoms with E-state index in [1.807, 2.05) is 31.2 Å². The average Bonchev–Trinajstić information content (AvgIpc) is 2.88. The Labute approximate surface area is 222 Å². The third-order valence-electron chi connectivity index (χ3n) is 4.61. The lowest BCUT2D eigenvalue weighted by Gasteiger charge is -2.13. The van der Waals surface area contributed by atoms with Gasteiger partial charge in [-0.15, -0.1) is 0 Å². The number of amides is 2. The molecule has 9 nitrogen and oxygen atoms in total. The molecule has 0 atom stereocenters. The van der Waals surface area contributed by atoms with Crippen molar-refractivity contribution in [2.75, 3.05) is 32.2 Å². The summed E-state index contributed by atoms with van der Waals surface area (Å²) in [5, 5.41) is 6.72. The third-order valence-corrected chi connectivity index (χ3v) is 5.50. The molecule has 3 aromatic rings. The molecule has 0 radical (unpaired) electrons. The van der Waals surface area contributed by atoms with Crippen molar-refractivity contribution in [3.63, 3.8) is 0 Å². The number of nitrogens with zero attached hydrogens (tertiary/aromatic N) is 1. The summed E-state index contributed by atoms with van der Waals surface area (Å²) in [4.78, 5) is 24.4. The first-order valence-corrected chi connectivity index (χ1v) is 12.1. The van der Waals surface area contributed by atoms with Crippen molar-refractivity contribution in [1.29, 1.82) is 0 Å². The van der Waals surface area contributed by atoms with E-state index < -0.39 is 5.91 Å². The molecule has 2 N–H and O–H groups in total. The lowest BCUT2D eigenvalue weighted by Crippen LogP contribution is -2.24. The van der Waals surface area contributed by atoms with Crippen molar-refractivity contribution in [1.82, 2.24) is 5.43 Å². The highest BCUT2D eigenvalue weighted by molar-refractivity contribution is 14.1. The van der Waals surface area contributed by atoms with E-state index >= 15 is 0 Å². The number of hydrogen-bond acceptors (Lipinski definition) is 7. The molecule has 0 saturated heterocycles. The van der Waals surface area contributed by atoms with E-state index in [1.165, 1.54) is 13.3 Å². The predicted octanol–water partition coefficient (Wildman–Crippen LogP) is 4.25. The summed E-state index contributed by atoms with van der Waals surface area (Å²) < 4.78 is 23.0. The number of hydrogen-bond donors (Lipinski definition) is 2. The molecular formula is C26H26IN3O6. The predicted molar refractivity (Wildman–Crippen MR) is 145 cm³/mol. The van der Waals surface area contributed by atoms with Crippen LogP contribution in [-0.2, 0) is 9.59 Å². The van der Waals surface area contributed by atoms with E-state index in [0.717, 1.165) is 3.57 Å².